The molecule has 1 unspecified atom stereocenters. The van der Waals surface area contributed by atoms with Gasteiger partial charge in [0.15, 0.2) is 5.13 Å². The first-order chi connectivity index (χ1) is 15.5. The molecule has 7 heteroatoms. The number of anilines is 2. The third-order valence-electron chi connectivity index (χ3n) is 4.88. The molecule has 0 bridgehead atoms. The first kappa shape index (κ1) is 22.0. The molecule has 0 aliphatic carbocycles. The molecule has 0 aliphatic rings. The summed E-state index contributed by atoms with van der Waals surface area (Å²) in [6, 6.07) is 22.0. The van der Waals surface area contributed by atoms with Gasteiger partial charge in [0.25, 0.3) is 0 Å². The van der Waals surface area contributed by atoms with Gasteiger partial charge in [0.2, 0.25) is 11.8 Å². The monoisotopic (exact) mass is 461 g/mol. The Morgan fingerprint density at radius 3 is 2.59 bits per heavy atom. The molecule has 4 aromatic rings. The topological polar surface area (TPSA) is 71.1 Å². The second kappa shape index (κ2) is 9.97. The van der Waals surface area contributed by atoms with Gasteiger partial charge in [-0.3, -0.25) is 9.59 Å². The van der Waals surface area contributed by atoms with E-state index in [0.29, 0.717) is 11.6 Å². The molecule has 3 aromatic carbocycles. The average Bonchev–Trinajstić information content (AvgIpc) is 3.25. The fourth-order valence-corrected chi connectivity index (χ4v) is 5.07. The highest BCUT2D eigenvalue weighted by Gasteiger charge is 2.20. The van der Waals surface area contributed by atoms with Crippen molar-refractivity contribution >= 4 is 56.5 Å². The van der Waals surface area contributed by atoms with Crippen LogP contribution >= 0.6 is 23.1 Å². The minimum Gasteiger partial charge on any atom is -0.326 e. The number of hydrogen-bond acceptors (Lipinski definition) is 5. The van der Waals surface area contributed by atoms with Crippen molar-refractivity contribution in [2.24, 2.45) is 0 Å². The largest absolute Gasteiger partial charge is 0.326 e. The lowest BCUT2D eigenvalue weighted by molar-refractivity contribution is -0.116. The summed E-state index contributed by atoms with van der Waals surface area (Å²) in [6.45, 7) is 3.46. The van der Waals surface area contributed by atoms with E-state index < -0.39 is 0 Å². The van der Waals surface area contributed by atoms with Gasteiger partial charge in [0.05, 0.1) is 10.9 Å². The SMILES string of the molecule is CCC(Sc1cccc(NC(C)=O)c1)C(=O)Nc1nc(-c2ccc3ccccc3c2)cs1. The smallest absolute Gasteiger partial charge is 0.239 e. The predicted molar refractivity (Wildman–Crippen MR) is 134 cm³/mol. The van der Waals surface area contributed by atoms with Crippen LogP contribution in [0.3, 0.4) is 0 Å². The van der Waals surface area contributed by atoms with Crippen molar-refractivity contribution < 1.29 is 9.59 Å². The Kier molecular flexibility index (Phi) is 6.87. The average molecular weight is 462 g/mol. The molecule has 4 rings (SSSR count). The van der Waals surface area contributed by atoms with Gasteiger partial charge in [0.1, 0.15) is 0 Å². The summed E-state index contributed by atoms with van der Waals surface area (Å²) in [5.74, 6) is -0.204. The lowest BCUT2D eigenvalue weighted by atomic mass is 10.1. The van der Waals surface area contributed by atoms with Gasteiger partial charge in [-0.25, -0.2) is 4.98 Å². The van der Waals surface area contributed by atoms with Crippen LogP contribution in [-0.2, 0) is 9.59 Å². The van der Waals surface area contributed by atoms with Crippen LogP contribution in [0.15, 0.2) is 77.0 Å². The summed E-state index contributed by atoms with van der Waals surface area (Å²) in [6.07, 6.45) is 0.670. The molecule has 1 heterocycles. The molecule has 2 amide bonds. The van der Waals surface area contributed by atoms with Crippen molar-refractivity contribution in [3.63, 3.8) is 0 Å². The van der Waals surface area contributed by atoms with Gasteiger partial charge in [-0.15, -0.1) is 23.1 Å². The normalized spacial score (nSPS) is 11.8. The molecular weight excluding hydrogens is 438 g/mol. The van der Waals surface area contributed by atoms with Crippen LogP contribution in [0.2, 0.25) is 0 Å². The number of nitrogens with zero attached hydrogens (tertiary/aromatic N) is 1. The zero-order valence-electron chi connectivity index (χ0n) is 17.8. The molecule has 162 valence electrons. The van der Waals surface area contributed by atoms with Crippen LogP contribution in [0, 0.1) is 0 Å². The minimum absolute atomic E-state index is 0.0816. The Hall–Kier alpha value is -3.16. The van der Waals surface area contributed by atoms with E-state index in [1.54, 1.807) is 0 Å². The maximum atomic E-state index is 12.9. The minimum atomic E-state index is -0.268. The Bertz CT molecular complexity index is 1270. The summed E-state index contributed by atoms with van der Waals surface area (Å²) in [5, 5.41) is 10.4. The van der Waals surface area contributed by atoms with Crippen LogP contribution in [0.1, 0.15) is 20.3 Å². The van der Waals surface area contributed by atoms with Crippen LogP contribution < -0.4 is 10.6 Å². The first-order valence-electron chi connectivity index (χ1n) is 10.3. The summed E-state index contributed by atoms with van der Waals surface area (Å²) in [7, 11) is 0. The lowest BCUT2D eigenvalue weighted by Crippen LogP contribution is -2.24. The van der Waals surface area contributed by atoms with E-state index in [1.807, 2.05) is 48.7 Å². The maximum absolute atomic E-state index is 12.9. The van der Waals surface area contributed by atoms with E-state index >= 15 is 0 Å². The van der Waals surface area contributed by atoms with Crippen molar-refractivity contribution in [1.82, 2.24) is 4.98 Å². The Labute approximate surface area is 195 Å². The van der Waals surface area contributed by atoms with Gasteiger partial charge < -0.3 is 10.6 Å². The Morgan fingerprint density at radius 1 is 1.00 bits per heavy atom. The maximum Gasteiger partial charge on any atom is 0.239 e. The first-order valence-corrected chi connectivity index (χ1v) is 12.1. The molecule has 32 heavy (non-hydrogen) atoms. The second-order valence-corrected chi connectivity index (χ2v) is 9.45. The molecule has 0 aliphatic heterocycles. The van der Waals surface area contributed by atoms with Gasteiger partial charge in [-0.05, 0) is 41.5 Å². The zero-order chi connectivity index (χ0) is 22.5. The molecule has 1 atom stereocenters. The third-order valence-corrected chi connectivity index (χ3v) is 6.99. The molecule has 0 fully saturated rings. The van der Waals surface area contributed by atoms with Crippen LogP contribution in [0.4, 0.5) is 10.8 Å². The van der Waals surface area contributed by atoms with Crippen molar-refractivity contribution in [1.29, 1.82) is 0 Å². The highest BCUT2D eigenvalue weighted by Crippen LogP contribution is 2.31. The summed E-state index contributed by atoms with van der Waals surface area (Å²) >= 11 is 2.90. The summed E-state index contributed by atoms with van der Waals surface area (Å²) in [4.78, 5) is 29.7. The molecule has 2 N–H and O–H groups in total. The summed E-state index contributed by atoms with van der Waals surface area (Å²) in [5.41, 5.74) is 2.59. The highest BCUT2D eigenvalue weighted by atomic mass is 32.2. The van der Waals surface area contributed by atoms with E-state index in [9.17, 15) is 9.59 Å². The van der Waals surface area contributed by atoms with Crippen LogP contribution in [0.25, 0.3) is 22.0 Å². The number of nitrogens with one attached hydrogen (secondary N) is 2. The Balaban J connectivity index is 1.44. The second-order valence-electron chi connectivity index (χ2n) is 7.31. The van der Waals surface area contributed by atoms with Crippen molar-refractivity contribution in [3.05, 3.63) is 72.1 Å². The third kappa shape index (κ3) is 5.36. The molecule has 0 radical (unpaired) electrons. The summed E-state index contributed by atoms with van der Waals surface area (Å²) < 4.78 is 0. The van der Waals surface area contributed by atoms with Crippen LogP contribution in [0.5, 0.6) is 0 Å². The van der Waals surface area contributed by atoms with E-state index in [-0.39, 0.29) is 17.1 Å². The number of carbonyl (C=O) groups excluding carboxylic acids is 2. The molecule has 0 saturated carbocycles. The van der Waals surface area contributed by atoms with Crippen molar-refractivity contribution in [2.45, 2.75) is 30.4 Å². The van der Waals surface area contributed by atoms with Gasteiger partial charge >= 0.3 is 0 Å². The number of fused-ring (bicyclic) bond motifs is 1. The van der Waals surface area contributed by atoms with Crippen LogP contribution in [-0.4, -0.2) is 22.0 Å². The molecule has 1 aromatic heterocycles. The fraction of sp³-hybridized carbons (Fsp3) is 0.160. The van der Waals surface area contributed by atoms with Crippen molar-refractivity contribution in [3.8, 4) is 11.3 Å². The fourth-order valence-electron chi connectivity index (χ4n) is 3.34. The number of aromatic nitrogens is 1. The predicted octanol–water partition coefficient (Wildman–Crippen LogP) is 6.43. The number of thioether (sulfide) groups is 1. The molecule has 0 saturated heterocycles. The van der Waals surface area contributed by atoms with E-state index in [0.717, 1.165) is 27.2 Å². The Morgan fingerprint density at radius 2 is 1.81 bits per heavy atom. The molecule has 5 nitrogen and oxygen atoms in total. The molecular formula is C25H23N3O2S2. The standard InChI is InChI=1S/C25H23N3O2S2/c1-3-23(32-21-10-6-9-20(14-21)26-16(2)29)24(30)28-25-27-22(15-31-25)19-12-11-17-7-4-5-8-18(17)13-19/h4-15,23H,3H2,1-2H3,(H,26,29)(H,27,28,30). The van der Waals surface area contributed by atoms with Crippen molar-refractivity contribution in [2.75, 3.05) is 10.6 Å². The highest BCUT2D eigenvalue weighted by molar-refractivity contribution is 8.00. The number of amides is 2. The zero-order valence-corrected chi connectivity index (χ0v) is 19.4. The number of rotatable bonds is 7. The lowest BCUT2D eigenvalue weighted by Gasteiger charge is -2.14. The van der Waals surface area contributed by atoms with Gasteiger partial charge in [0, 0.05) is 28.5 Å². The number of hydrogen-bond donors (Lipinski definition) is 2. The van der Waals surface area contributed by atoms with E-state index in [1.165, 1.54) is 35.4 Å². The number of carbonyl (C=O) groups is 2. The van der Waals surface area contributed by atoms with Gasteiger partial charge in [-0.2, -0.15) is 0 Å². The van der Waals surface area contributed by atoms with E-state index in [4.69, 9.17) is 0 Å². The number of thiazole rings is 1. The molecule has 0 spiro atoms. The number of benzene rings is 3. The quantitative estimate of drug-likeness (QED) is 0.311. The van der Waals surface area contributed by atoms with Gasteiger partial charge in [-0.1, -0.05) is 49.4 Å². The van der Waals surface area contributed by atoms with E-state index in [2.05, 4.69) is 45.9 Å².